The fraction of sp³-hybridized carbons (Fsp3) is 0.632. The summed E-state index contributed by atoms with van der Waals surface area (Å²) in [7, 11) is 3.80. The van der Waals surface area contributed by atoms with Crippen molar-refractivity contribution in [2.45, 2.75) is 65.2 Å². The SMILES string of the molecule is CN(C)c1ccc(C[C@H](NC(=O)OC(C)(C)C)C(=O)OC(C)(C)C)cn1. The van der Waals surface area contributed by atoms with Crippen LogP contribution >= 0.6 is 0 Å². The Hall–Kier alpha value is -2.31. The molecular weight excluding hydrogens is 334 g/mol. The van der Waals surface area contributed by atoms with Crippen molar-refractivity contribution in [2.75, 3.05) is 19.0 Å². The van der Waals surface area contributed by atoms with Crippen LogP contribution in [-0.4, -0.2) is 48.4 Å². The number of pyridine rings is 1. The van der Waals surface area contributed by atoms with Gasteiger partial charge in [0, 0.05) is 26.7 Å². The third-order valence-corrected chi connectivity index (χ3v) is 3.09. The van der Waals surface area contributed by atoms with Gasteiger partial charge in [-0.3, -0.25) is 0 Å². The molecule has 0 aliphatic carbocycles. The Morgan fingerprint density at radius 1 is 1.08 bits per heavy atom. The van der Waals surface area contributed by atoms with Gasteiger partial charge in [-0.2, -0.15) is 0 Å². The van der Waals surface area contributed by atoms with Gasteiger partial charge in [-0.05, 0) is 53.2 Å². The predicted molar refractivity (Wildman–Crippen MR) is 101 cm³/mol. The Kier molecular flexibility index (Phi) is 7.00. The van der Waals surface area contributed by atoms with Gasteiger partial charge in [0.05, 0.1) is 0 Å². The highest BCUT2D eigenvalue weighted by Crippen LogP contribution is 2.14. The number of aromatic nitrogens is 1. The number of amides is 1. The monoisotopic (exact) mass is 365 g/mol. The number of anilines is 1. The Morgan fingerprint density at radius 2 is 1.65 bits per heavy atom. The first-order chi connectivity index (χ1) is 11.8. The molecule has 1 amide bonds. The Labute approximate surface area is 156 Å². The Morgan fingerprint density at radius 3 is 2.08 bits per heavy atom. The zero-order valence-electron chi connectivity index (χ0n) is 17.0. The van der Waals surface area contributed by atoms with Crippen LogP contribution in [0, 0.1) is 0 Å². The van der Waals surface area contributed by atoms with Crippen LogP contribution in [-0.2, 0) is 20.7 Å². The number of rotatable bonds is 5. The lowest BCUT2D eigenvalue weighted by Gasteiger charge is -2.26. The molecule has 7 heteroatoms. The van der Waals surface area contributed by atoms with Crippen LogP contribution in [0.15, 0.2) is 18.3 Å². The van der Waals surface area contributed by atoms with E-state index >= 15 is 0 Å². The van der Waals surface area contributed by atoms with Gasteiger partial charge >= 0.3 is 12.1 Å². The predicted octanol–water partition coefficient (Wildman–Crippen LogP) is 2.93. The van der Waals surface area contributed by atoms with Crippen molar-refractivity contribution in [3.05, 3.63) is 23.9 Å². The van der Waals surface area contributed by atoms with Gasteiger partial charge in [0.1, 0.15) is 23.1 Å². The van der Waals surface area contributed by atoms with E-state index in [-0.39, 0.29) is 6.42 Å². The second-order valence-corrected chi connectivity index (χ2v) is 8.36. The molecule has 1 rings (SSSR count). The van der Waals surface area contributed by atoms with Crippen LogP contribution in [0.5, 0.6) is 0 Å². The minimum absolute atomic E-state index is 0.259. The van der Waals surface area contributed by atoms with Gasteiger partial charge in [-0.15, -0.1) is 0 Å². The Balaban J connectivity index is 2.92. The summed E-state index contributed by atoms with van der Waals surface area (Å²) in [4.78, 5) is 30.8. The van der Waals surface area contributed by atoms with E-state index in [0.717, 1.165) is 11.4 Å². The summed E-state index contributed by atoms with van der Waals surface area (Å²) in [5.41, 5.74) is -0.502. The van der Waals surface area contributed by atoms with Gasteiger partial charge < -0.3 is 19.7 Å². The van der Waals surface area contributed by atoms with E-state index < -0.39 is 29.3 Å². The van der Waals surface area contributed by atoms with E-state index in [0.29, 0.717) is 0 Å². The third-order valence-electron chi connectivity index (χ3n) is 3.09. The first-order valence-corrected chi connectivity index (χ1v) is 8.61. The van der Waals surface area contributed by atoms with E-state index in [1.807, 2.05) is 31.1 Å². The second-order valence-electron chi connectivity index (χ2n) is 8.36. The molecule has 1 heterocycles. The molecule has 0 aromatic carbocycles. The normalized spacial score (nSPS) is 12.9. The summed E-state index contributed by atoms with van der Waals surface area (Å²) in [5, 5.41) is 2.61. The van der Waals surface area contributed by atoms with Crippen LogP contribution in [0.25, 0.3) is 0 Å². The third kappa shape index (κ3) is 8.18. The van der Waals surface area contributed by atoms with E-state index in [1.165, 1.54) is 0 Å². The fourth-order valence-electron chi connectivity index (χ4n) is 2.05. The van der Waals surface area contributed by atoms with Gasteiger partial charge in [-0.1, -0.05) is 6.07 Å². The summed E-state index contributed by atoms with van der Waals surface area (Å²) < 4.78 is 10.7. The lowest BCUT2D eigenvalue weighted by Crippen LogP contribution is -2.47. The minimum Gasteiger partial charge on any atom is -0.458 e. The number of esters is 1. The maximum atomic E-state index is 12.5. The van der Waals surface area contributed by atoms with Crippen molar-refractivity contribution < 1.29 is 19.1 Å². The van der Waals surface area contributed by atoms with Crippen LogP contribution in [0.1, 0.15) is 47.1 Å². The summed E-state index contributed by atoms with van der Waals surface area (Å²) in [6, 6.07) is 2.86. The topological polar surface area (TPSA) is 80.8 Å². The highest BCUT2D eigenvalue weighted by molar-refractivity contribution is 5.82. The average molecular weight is 365 g/mol. The quantitative estimate of drug-likeness (QED) is 0.808. The molecule has 1 aromatic rings. The van der Waals surface area contributed by atoms with Crippen LogP contribution < -0.4 is 10.2 Å². The molecule has 0 radical (unpaired) electrons. The number of hydrogen-bond acceptors (Lipinski definition) is 6. The summed E-state index contributed by atoms with van der Waals surface area (Å²) >= 11 is 0. The lowest BCUT2D eigenvalue weighted by molar-refractivity contribution is -0.157. The highest BCUT2D eigenvalue weighted by atomic mass is 16.6. The molecule has 0 bridgehead atoms. The smallest absolute Gasteiger partial charge is 0.408 e. The van der Waals surface area contributed by atoms with E-state index in [4.69, 9.17) is 9.47 Å². The average Bonchev–Trinajstić information content (AvgIpc) is 2.43. The van der Waals surface area contributed by atoms with Crippen molar-refractivity contribution in [3.63, 3.8) is 0 Å². The van der Waals surface area contributed by atoms with Crippen molar-refractivity contribution in [3.8, 4) is 0 Å². The maximum absolute atomic E-state index is 12.5. The molecule has 0 saturated carbocycles. The molecular formula is C19H31N3O4. The largest absolute Gasteiger partial charge is 0.458 e. The number of nitrogens with zero attached hydrogens (tertiary/aromatic N) is 2. The van der Waals surface area contributed by atoms with Gasteiger partial charge in [0.2, 0.25) is 0 Å². The molecule has 0 unspecified atom stereocenters. The first-order valence-electron chi connectivity index (χ1n) is 8.61. The van der Waals surface area contributed by atoms with Crippen molar-refractivity contribution in [1.29, 1.82) is 0 Å². The zero-order chi connectivity index (χ0) is 20.1. The zero-order valence-corrected chi connectivity index (χ0v) is 17.0. The molecule has 1 N–H and O–H groups in total. The van der Waals surface area contributed by atoms with Crippen LogP contribution in [0.3, 0.4) is 0 Å². The van der Waals surface area contributed by atoms with E-state index in [9.17, 15) is 9.59 Å². The van der Waals surface area contributed by atoms with Crippen LogP contribution in [0.4, 0.5) is 10.6 Å². The molecule has 0 fully saturated rings. The number of hydrogen-bond donors (Lipinski definition) is 1. The second kappa shape index (κ2) is 8.38. The van der Waals surface area contributed by atoms with Gasteiger partial charge in [0.25, 0.3) is 0 Å². The fourth-order valence-corrected chi connectivity index (χ4v) is 2.05. The van der Waals surface area contributed by atoms with Crippen molar-refractivity contribution in [2.24, 2.45) is 0 Å². The van der Waals surface area contributed by atoms with E-state index in [2.05, 4.69) is 10.3 Å². The number of nitrogens with one attached hydrogen (secondary N) is 1. The minimum atomic E-state index is -0.865. The van der Waals surface area contributed by atoms with Gasteiger partial charge in [-0.25, -0.2) is 14.6 Å². The maximum Gasteiger partial charge on any atom is 0.408 e. The van der Waals surface area contributed by atoms with E-state index in [1.54, 1.807) is 47.7 Å². The molecule has 0 saturated heterocycles. The standard InChI is InChI=1S/C19H31N3O4/c1-18(2,3)25-16(23)14(21-17(24)26-19(4,5)6)11-13-9-10-15(20-12-13)22(7)8/h9-10,12,14H,11H2,1-8H3,(H,21,24)/t14-/m0/s1. The molecule has 26 heavy (non-hydrogen) atoms. The number of ether oxygens (including phenoxy) is 2. The summed E-state index contributed by atoms with van der Waals surface area (Å²) in [6.07, 6.45) is 1.28. The molecule has 0 aliphatic rings. The molecule has 1 atom stereocenters. The van der Waals surface area contributed by atoms with Crippen molar-refractivity contribution >= 4 is 17.9 Å². The summed E-state index contributed by atoms with van der Waals surface area (Å²) in [5.74, 6) is 0.294. The lowest BCUT2D eigenvalue weighted by atomic mass is 10.1. The number of alkyl carbamates (subject to hydrolysis) is 1. The molecule has 7 nitrogen and oxygen atoms in total. The highest BCUT2D eigenvalue weighted by Gasteiger charge is 2.29. The summed E-state index contributed by atoms with van der Waals surface area (Å²) in [6.45, 7) is 10.6. The van der Waals surface area contributed by atoms with Crippen LogP contribution in [0.2, 0.25) is 0 Å². The Bertz CT molecular complexity index is 613. The molecule has 0 aliphatic heterocycles. The first kappa shape index (κ1) is 21.7. The molecule has 0 spiro atoms. The number of carbonyl (C=O) groups excluding carboxylic acids is 2. The van der Waals surface area contributed by atoms with Gasteiger partial charge in [0.15, 0.2) is 0 Å². The molecule has 1 aromatic heterocycles. The number of carbonyl (C=O) groups is 2. The van der Waals surface area contributed by atoms with Crippen molar-refractivity contribution in [1.82, 2.24) is 10.3 Å². The molecule has 146 valence electrons.